The summed E-state index contributed by atoms with van der Waals surface area (Å²) in [6.45, 7) is 9.55. The fourth-order valence-electron chi connectivity index (χ4n) is 3.02. The molecule has 3 N–H and O–H groups in total. The van der Waals surface area contributed by atoms with Crippen molar-refractivity contribution in [1.29, 1.82) is 0 Å². The zero-order valence-electron chi connectivity index (χ0n) is 13.2. The molecule has 0 heterocycles. The zero-order valence-corrected chi connectivity index (χ0v) is 13.2. The van der Waals surface area contributed by atoms with Crippen LogP contribution < -0.4 is 10.6 Å². The van der Waals surface area contributed by atoms with Gasteiger partial charge in [0.05, 0.1) is 5.60 Å². The Kier molecular flexibility index (Phi) is 7.51. The van der Waals surface area contributed by atoms with Crippen molar-refractivity contribution < 1.29 is 9.90 Å². The third-order valence-corrected chi connectivity index (χ3v) is 4.34. The molecule has 21 heavy (non-hydrogen) atoms. The minimum absolute atomic E-state index is 0.178. The molecule has 0 radical (unpaired) electrons. The van der Waals surface area contributed by atoms with Crippen LogP contribution in [0.1, 0.15) is 51.9 Å². The largest absolute Gasteiger partial charge is 0.387 e. The van der Waals surface area contributed by atoms with Gasteiger partial charge in [-0.15, -0.1) is 13.2 Å². The van der Waals surface area contributed by atoms with Crippen LogP contribution in [-0.2, 0) is 0 Å². The number of nitrogens with one attached hydrogen (secondary N) is 2. The van der Waals surface area contributed by atoms with Gasteiger partial charge in [0.1, 0.15) is 0 Å². The van der Waals surface area contributed by atoms with Gasteiger partial charge in [0.15, 0.2) is 0 Å². The number of amides is 2. The van der Waals surface area contributed by atoms with Crippen LogP contribution in [0.5, 0.6) is 0 Å². The molecule has 1 saturated carbocycles. The Hall–Kier alpha value is -1.29. The Balaban J connectivity index is 2.37. The number of urea groups is 1. The van der Waals surface area contributed by atoms with Gasteiger partial charge < -0.3 is 15.7 Å². The molecule has 1 atom stereocenters. The van der Waals surface area contributed by atoms with E-state index in [0.717, 1.165) is 0 Å². The average Bonchev–Trinajstić information content (AvgIpc) is 2.47. The standard InChI is InChI=1S/C17H30N2O2/c1-4-11-17(21,12-5-2)13-18-16(20)19-14(3)15-9-7-6-8-10-15/h4-5,14-15,21H,1-2,6-13H2,3H3,(H2,18,19,20)/t14-/m1/s1. The first kappa shape index (κ1) is 17.8. The highest BCUT2D eigenvalue weighted by Crippen LogP contribution is 2.26. The first-order valence-electron chi connectivity index (χ1n) is 7.99. The van der Waals surface area contributed by atoms with E-state index in [-0.39, 0.29) is 18.6 Å². The van der Waals surface area contributed by atoms with Crippen molar-refractivity contribution in [3.63, 3.8) is 0 Å². The topological polar surface area (TPSA) is 61.4 Å². The minimum Gasteiger partial charge on any atom is -0.387 e. The highest BCUT2D eigenvalue weighted by molar-refractivity contribution is 5.74. The van der Waals surface area contributed by atoms with Gasteiger partial charge in [-0.2, -0.15) is 0 Å². The summed E-state index contributed by atoms with van der Waals surface area (Å²) >= 11 is 0. The van der Waals surface area contributed by atoms with E-state index < -0.39 is 5.60 Å². The zero-order chi connectivity index (χ0) is 15.7. The second-order valence-corrected chi connectivity index (χ2v) is 6.22. The summed E-state index contributed by atoms with van der Waals surface area (Å²) in [6.07, 6.45) is 10.4. The van der Waals surface area contributed by atoms with E-state index in [1.807, 2.05) is 0 Å². The van der Waals surface area contributed by atoms with Gasteiger partial charge in [-0.05, 0) is 38.5 Å². The van der Waals surface area contributed by atoms with Crippen LogP contribution in [0.2, 0.25) is 0 Å². The summed E-state index contributed by atoms with van der Waals surface area (Å²) < 4.78 is 0. The van der Waals surface area contributed by atoms with Gasteiger partial charge in [-0.25, -0.2) is 4.79 Å². The van der Waals surface area contributed by atoms with Crippen molar-refractivity contribution in [2.45, 2.75) is 63.5 Å². The number of rotatable bonds is 8. The van der Waals surface area contributed by atoms with E-state index in [0.29, 0.717) is 18.8 Å². The van der Waals surface area contributed by atoms with Crippen LogP contribution >= 0.6 is 0 Å². The molecule has 4 nitrogen and oxygen atoms in total. The second kappa shape index (κ2) is 8.88. The molecule has 0 aliphatic heterocycles. The molecule has 1 fully saturated rings. The number of aliphatic hydroxyl groups is 1. The summed E-state index contributed by atoms with van der Waals surface area (Å²) in [5, 5.41) is 16.1. The first-order valence-corrected chi connectivity index (χ1v) is 7.99. The Morgan fingerprint density at radius 1 is 1.29 bits per heavy atom. The maximum atomic E-state index is 12.0. The number of carbonyl (C=O) groups is 1. The Bertz CT molecular complexity index is 339. The monoisotopic (exact) mass is 294 g/mol. The summed E-state index contributed by atoms with van der Waals surface area (Å²) in [6, 6.07) is -0.0307. The Morgan fingerprint density at radius 3 is 2.38 bits per heavy atom. The second-order valence-electron chi connectivity index (χ2n) is 6.22. The van der Waals surface area contributed by atoms with E-state index >= 15 is 0 Å². The SMILES string of the molecule is C=CCC(O)(CC=C)CNC(=O)N[C@H](C)C1CCCCC1. The molecule has 0 saturated heterocycles. The summed E-state index contributed by atoms with van der Waals surface area (Å²) in [5.74, 6) is 0.574. The van der Waals surface area contributed by atoms with Gasteiger partial charge in [-0.3, -0.25) is 0 Å². The molecule has 2 amide bonds. The van der Waals surface area contributed by atoms with Crippen LogP contribution in [0.3, 0.4) is 0 Å². The van der Waals surface area contributed by atoms with E-state index in [4.69, 9.17) is 0 Å². The molecule has 1 aliphatic carbocycles. The Labute approximate surface area is 128 Å². The number of carbonyl (C=O) groups excluding carboxylic acids is 1. The van der Waals surface area contributed by atoms with Crippen molar-refractivity contribution >= 4 is 6.03 Å². The molecule has 0 spiro atoms. The molecule has 1 aliphatic rings. The van der Waals surface area contributed by atoms with Crippen molar-refractivity contribution in [2.75, 3.05) is 6.54 Å². The Morgan fingerprint density at radius 2 is 1.86 bits per heavy atom. The smallest absolute Gasteiger partial charge is 0.315 e. The quantitative estimate of drug-likeness (QED) is 0.602. The maximum Gasteiger partial charge on any atom is 0.315 e. The van der Waals surface area contributed by atoms with Crippen LogP contribution in [0.15, 0.2) is 25.3 Å². The lowest BCUT2D eigenvalue weighted by Crippen LogP contribution is -2.49. The third-order valence-electron chi connectivity index (χ3n) is 4.34. The van der Waals surface area contributed by atoms with Gasteiger partial charge in [-0.1, -0.05) is 31.4 Å². The molecular weight excluding hydrogens is 264 g/mol. The minimum atomic E-state index is -0.991. The highest BCUT2D eigenvalue weighted by atomic mass is 16.3. The molecule has 0 aromatic heterocycles. The lowest BCUT2D eigenvalue weighted by molar-refractivity contribution is 0.0485. The third kappa shape index (κ3) is 6.34. The van der Waals surface area contributed by atoms with Crippen molar-refractivity contribution in [3.8, 4) is 0 Å². The van der Waals surface area contributed by atoms with E-state index in [1.165, 1.54) is 32.1 Å². The predicted molar refractivity (Wildman–Crippen MR) is 87.1 cm³/mol. The lowest BCUT2D eigenvalue weighted by atomic mass is 9.84. The fraction of sp³-hybridized carbons (Fsp3) is 0.706. The molecule has 0 unspecified atom stereocenters. The molecule has 1 rings (SSSR count). The van der Waals surface area contributed by atoms with E-state index in [9.17, 15) is 9.90 Å². The van der Waals surface area contributed by atoms with Crippen LogP contribution in [0.4, 0.5) is 4.79 Å². The van der Waals surface area contributed by atoms with Crippen molar-refractivity contribution in [2.24, 2.45) is 5.92 Å². The average molecular weight is 294 g/mol. The number of hydrogen-bond donors (Lipinski definition) is 3. The predicted octanol–water partition coefficient (Wildman–Crippen LogP) is 3.14. The van der Waals surface area contributed by atoms with E-state index in [1.54, 1.807) is 12.2 Å². The molecule has 120 valence electrons. The summed E-state index contributed by atoms with van der Waals surface area (Å²) in [7, 11) is 0. The maximum absolute atomic E-state index is 12.0. The molecule has 4 heteroatoms. The highest BCUT2D eigenvalue weighted by Gasteiger charge is 2.26. The molecule has 0 bridgehead atoms. The van der Waals surface area contributed by atoms with Crippen LogP contribution in [0.25, 0.3) is 0 Å². The fourth-order valence-corrected chi connectivity index (χ4v) is 3.02. The van der Waals surface area contributed by atoms with Crippen molar-refractivity contribution in [3.05, 3.63) is 25.3 Å². The van der Waals surface area contributed by atoms with Gasteiger partial charge in [0, 0.05) is 12.6 Å². The summed E-state index contributed by atoms with van der Waals surface area (Å²) in [4.78, 5) is 12.0. The van der Waals surface area contributed by atoms with E-state index in [2.05, 4.69) is 30.7 Å². The molecular formula is C17H30N2O2. The lowest BCUT2D eigenvalue weighted by Gasteiger charge is -2.30. The normalized spacial score (nSPS) is 17.8. The molecule has 0 aromatic carbocycles. The number of hydrogen-bond acceptors (Lipinski definition) is 2. The van der Waals surface area contributed by atoms with Crippen LogP contribution in [0, 0.1) is 5.92 Å². The van der Waals surface area contributed by atoms with Gasteiger partial charge in [0.2, 0.25) is 0 Å². The van der Waals surface area contributed by atoms with Crippen LogP contribution in [-0.4, -0.2) is 29.3 Å². The van der Waals surface area contributed by atoms with Gasteiger partial charge in [0.25, 0.3) is 0 Å². The first-order chi connectivity index (χ1) is 10.0. The molecule has 0 aromatic rings. The van der Waals surface area contributed by atoms with Gasteiger partial charge >= 0.3 is 6.03 Å². The van der Waals surface area contributed by atoms with Crippen molar-refractivity contribution in [1.82, 2.24) is 10.6 Å². The summed E-state index contributed by atoms with van der Waals surface area (Å²) in [5.41, 5.74) is -0.991.